The summed E-state index contributed by atoms with van der Waals surface area (Å²) in [6, 6.07) is 21.0. The van der Waals surface area contributed by atoms with Gasteiger partial charge < -0.3 is 5.32 Å². The summed E-state index contributed by atoms with van der Waals surface area (Å²) >= 11 is 14.3. The van der Waals surface area contributed by atoms with Gasteiger partial charge in [-0.15, -0.1) is 0 Å². The number of aromatic nitrogens is 1. The molecule has 6 rings (SSSR count). The number of nitrogens with zero attached hydrogens (tertiary/aromatic N) is 2. The molecule has 1 fully saturated rings. The van der Waals surface area contributed by atoms with E-state index >= 15 is 0 Å². The number of hydrogen-bond donors (Lipinski definition) is 1. The highest BCUT2D eigenvalue weighted by atomic mass is 35.5. The van der Waals surface area contributed by atoms with Gasteiger partial charge in [-0.25, -0.2) is 4.90 Å². The number of fused-ring (bicyclic) bond motifs is 2. The molecule has 3 aromatic carbocycles. The van der Waals surface area contributed by atoms with E-state index in [9.17, 15) is 19.2 Å². The molecule has 0 aliphatic carbocycles. The Labute approximate surface area is 247 Å². The number of carbonyl (C=O) groups excluding carboxylic acids is 3. The Morgan fingerprint density at radius 3 is 2.15 bits per heavy atom. The maximum Gasteiger partial charge on any atom is 0.308 e. The Hall–Kier alpha value is -3.37. The van der Waals surface area contributed by atoms with E-state index < -0.39 is 23.0 Å². The molecule has 1 N–H and O–H groups in total. The largest absolute Gasteiger partial charge is 0.325 e. The summed E-state index contributed by atoms with van der Waals surface area (Å²) in [7, 11) is 0. The van der Waals surface area contributed by atoms with E-state index in [0.717, 1.165) is 22.5 Å². The average Bonchev–Trinajstić information content (AvgIpc) is 3.37. The van der Waals surface area contributed by atoms with Crippen LogP contribution in [0, 0.1) is 12.8 Å². The van der Waals surface area contributed by atoms with Gasteiger partial charge in [0.2, 0.25) is 17.7 Å². The van der Waals surface area contributed by atoms with E-state index in [1.54, 1.807) is 48.5 Å². The van der Waals surface area contributed by atoms with Gasteiger partial charge in [-0.2, -0.15) is 0 Å². The second-order valence-corrected chi connectivity index (χ2v) is 12.6. The fraction of sp³-hybridized carbons (Fsp3) is 0.172. The topological polar surface area (TPSA) is 88.5 Å². The first-order valence-electron chi connectivity index (χ1n) is 12.4. The third-order valence-electron chi connectivity index (χ3n) is 7.00. The number of nitrogens with one attached hydrogen (secondary N) is 1. The standard InChI is InChI=1S/C29H21Cl2N3O4S2/c1-15-2-12-20(13-3-15)34-26(36)23-22(16-4-6-17(30)7-5-16)25-28(39-24(23)27(34)37)33(29(38)40-25)14-21(35)32-19-10-8-18(31)9-11-19/h2-13,22-24H,14H2,1H3,(H,32,35)/t22-,23?,24?/m1/s1. The zero-order chi connectivity index (χ0) is 28.1. The molecule has 2 unspecified atom stereocenters. The first-order chi connectivity index (χ1) is 19.2. The molecule has 3 amide bonds. The summed E-state index contributed by atoms with van der Waals surface area (Å²) in [5.74, 6) is -2.33. The fourth-order valence-corrected chi connectivity index (χ4v) is 8.14. The predicted molar refractivity (Wildman–Crippen MR) is 159 cm³/mol. The maximum absolute atomic E-state index is 13.9. The number of thioether (sulfide) groups is 1. The number of imide groups is 1. The minimum Gasteiger partial charge on any atom is -0.325 e. The Balaban J connectivity index is 1.40. The minimum atomic E-state index is -0.762. The molecule has 4 aromatic rings. The fourth-order valence-electron chi connectivity index (χ4n) is 5.11. The number of benzene rings is 3. The highest BCUT2D eigenvalue weighted by molar-refractivity contribution is 8.00. The maximum atomic E-state index is 13.9. The van der Waals surface area contributed by atoms with E-state index in [0.29, 0.717) is 31.3 Å². The van der Waals surface area contributed by atoms with Crippen molar-refractivity contribution in [1.29, 1.82) is 0 Å². The summed E-state index contributed by atoms with van der Waals surface area (Å²) < 4.78 is 1.39. The Kier molecular flexibility index (Phi) is 7.08. The molecule has 0 radical (unpaired) electrons. The molecule has 202 valence electrons. The summed E-state index contributed by atoms with van der Waals surface area (Å²) in [6.45, 7) is 1.69. The molecular weight excluding hydrogens is 589 g/mol. The highest BCUT2D eigenvalue weighted by Gasteiger charge is 2.56. The second-order valence-electron chi connectivity index (χ2n) is 9.62. The Morgan fingerprint density at radius 2 is 1.50 bits per heavy atom. The molecule has 3 atom stereocenters. The van der Waals surface area contributed by atoms with Gasteiger partial charge in [-0.3, -0.25) is 23.7 Å². The van der Waals surface area contributed by atoms with Crippen molar-refractivity contribution in [1.82, 2.24) is 4.57 Å². The SMILES string of the molecule is Cc1ccc(N2C(=O)C3Sc4c(sc(=O)n4CC(=O)Nc4ccc(Cl)cc4)[C@H](c4ccc(Cl)cc4)C3C2=O)cc1. The van der Waals surface area contributed by atoms with E-state index in [1.165, 1.54) is 21.2 Å². The van der Waals surface area contributed by atoms with Crippen molar-refractivity contribution in [3.8, 4) is 0 Å². The van der Waals surface area contributed by atoms with Gasteiger partial charge in [0.1, 0.15) is 11.8 Å². The Morgan fingerprint density at radius 1 is 0.875 bits per heavy atom. The molecule has 40 heavy (non-hydrogen) atoms. The van der Waals surface area contributed by atoms with Crippen molar-refractivity contribution < 1.29 is 14.4 Å². The van der Waals surface area contributed by atoms with E-state index in [2.05, 4.69) is 5.32 Å². The van der Waals surface area contributed by atoms with Crippen molar-refractivity contribution in [2.24, 2.45) is 5.92 Å². The normalized spacial score (nSPS) is 19.9. The zero-order valence-electron chi connectivity index (χ0n) is 21.0. The quantitative estimate of drug-likeness (QED) is 0.282. The number of aryl methyl sites for hydroxylation is 1. The molecule has 2 aliphatic heterocycles. The summed E-state index contributed by atoms with van der Waals surface area (Å²) in [4.78, 5) is 55.4. The van der Waals surface area contributed by atoms with Gasteiger partial charge in [0.15, 0.2) is 0 Å². The zero-order valence-corrected chi connectivity index (χ0v) is 24.1. The average molecular weight is 611 g/mol. The van der Waals surface area contributed by atoms with Gasteiger partial charge in [0.25, 0.3) is 0 Å². The number of carbonyl (C=O) groups is 3. The van der Waals surface area contributed by atoms with Crippen LogP contribution in [0.25, 0.3) is 0 Å². The van der Waals surface area contributed by atoms with Gasteiger partial charge in [-0.1, -0.05) is 76.1 Å². The molecule has 7 nitrogen and oxygen atoms in total. The third-order valence-corrected chi connectivity index (χ3v) is 10.1. The van der Waals surface area contributed by atoms with Crippen molar-refractivity contribution in [2.75, 3.05) is 10.2 Å². The first-order valence-corrected chi connectivity index (χ1v) is 14.8. The Bertz CT molecular complexity index is 1700. The summed E-state index contributed by atoms with van der Waals surface area (Å²) in [5.41, 5.74) is 2.83. The van der Waals surface area contributed by atoms with Crippen molar-refractivity contribution in [3.63, 3.8) is 0 Å². The van der Waals surface area contributed by atoms with E-state index in [1.807, 2.05) is 31.2 Å². The first kappa shape index (κ1) is 26.8. The van der Waals surface area contributed by atoms with Gasteiger partial charge in [0.05, 0.1) is 16.6 Å². The van der Waals surface area contributed by atoms with Crippen LogP contribution in [0.3, 0.4) is 0 Å². The third kappa shape index (κ3) is 4.77. The monoisotopic (exact) mass is 609 g/mol. The van der Waals surface area contributed by atoms with Crippen molar-refractivity contribution in [3.05, 3.63) is 109 Å². The van der Waals surface area contributed by atoms with Crippen LogP contribution >= 0.6 is 46.3 Å². The number of amides is 3. The highest BCUT2D eigenvalue weighted by Crippen LogP contribution is 2.53. The molecule has 11 heteroatoms. The van der Waals surface area contributed by atoms with Gasteiger partial charge in [0, 0.05) is 26.5 Å². The van der Waals surface area contributed by atoms with Crippen LogP contribution in [0.5, 0.6) is 0 Å². The molecule has 1 saturated heterocycles. The van der Waals surface area contributed by atoms with E-state index in [4.69, 9.17) is 23.2 Å². The minimum absolute atomic E-state index is 0.241. The van der Waals surface area contributed by atoms with Gasteiger partial charge >= 0.3 is 4.87 Å². The predicted octanol–water partition coefficient (Wildman–Crippen LogP) is 5.96. The molecule has 3 heterocycles. The van der Waals surface area contributed by atoms with Crippen LogP contribution in [0.4, 0.5) is 11.4 Å². The van der Waals surface area contributed by atoms with Crippen LogP contribution < -0.4 is 15.1 Å². The number of halogens is 2. The smallest absolute Gasteiger partial charge is 0.308 e. The number of thiazole rings is 1. The molecule has 0 spiro atoms. The number of hydrogen-bond acceptors (Lipinski definition) is 6. The number of rotatable bonds is 5. The van der Waals surface area contributed by atoms with Crippen LogP contribution in [0.2, 0.25) is 10.0 Å². The molecule has 0 saturated carbocycles. The van der Waals surface area contributed by atoms with Crippen LogP contribution in [0.1, 0.15) is 21.9 Å². The second kappa shape index (κ2) is 10.6. The summed E-state index contributed by atoms with van der Waals surface area (Å²) in [5, 5.41) is 3.61. The lowest BCUT2D eigenvalue weighted by Gasteiger charge is -2.30. The van der Waals surface area contributed by atoms with Crippen LogP contribution in [0.15, 0.2) is 82.6 Å². The number of anilines is 2. The molecular formula is C29H21Cl2N3O4S2. The van der Waals surface area contributed by atoms with Crippen LogP contribution in [-0.4, -0.2) is 27.5 Å². The molecule has 0 bridgehead atoms. The lowest BCUT2D eigenvalue weighted by atomic mass is 9.83. The van der Waals surface area contributed by atoms with Crippen molar-refractivity contribution in [2.45, 2.75) is 29.7 Å². The summed E-state index contributed by atoms with van der Waals surface area (Å²) in [6.07, 6.45) is 0. The van der Waals surface area contributed by atoms with Gasteiger partial charge in [-0.05, 0) is 61.0 Å². The lowest BCUT2D eigenvalue weighted by Crippen LogP contribution is -2.33. The molecule has 2 aliphatic rings. The van der Waals surface area contributed by atoms with Crippen molar-refractivity contribution >= 4 is 75.4 Å². The van der Waals surface area contributed by atoms with E-state index in [-0.39, 0.29) is 23.2 Å². The molecule has 1 aromatic heterocycles. The lowest BCUT2D eigenvalue weighted by molar-refractivity contribution is -0.122. The van der Waals surface area contributed by atoms with Crippen LogP contribution in [-0.2, 0) is 20.9 Å².